The Hall–Kier alpha value is -3.12. The third-order valence-electron chi connectivity index (χ3n) is 4.11. The lowest BCUT2D eigenvalue weighted by molar-refractivity contribution is -0.346. The van der Waals surface area contributed by atoms with Gasteiger partial charge in [-0.3, -0.25) is 5.73 Å². The number of nitriles is 1. The van der Waals surface area contributed by atoms with Crippen molar-refractivity contribution in [1.29, 1.82) is 5.26 Å². The van der Waals surface area contributed by atoms with Gasteiger partial charge in [0.25, 0.3) is 5.82 Å². The SMILES string of the molecule is Cc1ccc(-c2cc(-c3ccccc3)c(C#N)c(N)[nH+]2)cc1C. The molecule has 3 heteroatoms. The molecule has 0 spiro atoms. The van der Waals surface area contributed by atoms with E-state index >= 15 is 0 Å². The van der Waals surface area contributed by atoms with Gasteiger partial charge in [-0.25, -0.2) is 4.98 Å². The second kappa shape index (κ2) is 5.94. The Labute approximate surface area is 136 Å². The zero-order valence-corrected chi connectivity index (χ0v) is 13.2. The second-order valence-corrected chi connectivity index (χ2v) is 5.66. The first kappa shape index (κ1) is 14.8. The molecule has 3 rings (SSSR count). The maximum atomic E-state index is 9.45. The number of nitrogens with one attached hydrogen (secondary N) is 1. The van der Waals surface area contributed by atoms with Crippen LogP contribution in [-0.4, -0.2) is 0 Å². The van der Waals surface area contributed by atoms with Gasteiger partial charge in [-0.15, -0.1) is 0 Å². The normalized spacial score (nSPS) is 10.3. The summed E-state index contributed by atoms with van der Waals surface area (Å²) >= 11 is 0. The molecule has 0 aliphatic rings. The Kier molecular flexibility index (Phi) is 3.82. The first-order chi connectivity index (χ1) is 11.1. The van der Waals surface area contributed by atoms with Gasteiger partial charge >= 0.3 is 0 Å². The van der Waals surface area contributed by atoms with Crippen LogP contribution in [0.3, 0.4) is 0 Å². The van der Waals surface area contributed by atoms with Crippen LogP contribution in [0, 0.1) is 25.2 Å². The fourth-order valence-corrected chi connectivity index (χ4v) is 2.64. The van der Waals surface area contributed by atoms with Crippen LogP contribution >= 0.6 is 0 Å². The summed E-state index contributed by atoms with van der Waals surface area (Å²) in [5.41, 5.74) is 12.8. The largest absolute Gasteiger partial charge is 0.289 e. The van der Waals surface area contributed by atoms with E-state index in [1.807, 2.05) is 36.4 Å². The molecule has 0 saturated heterocycles. The molecule has 0 fully saturated rings. The molecule has 3 nitrogen and oxygen atoms in total. The van der Waals surface area contributed by atoms with Crippen LogP contribution in [0.5, 0.6) is 0 Å². The highest BCUT2D eigenvalue weighted by atomic mass is 14.8. The molecule has 0 atom stereocenters. The lowest BCUT2D eigenvalue weighted by Gasteiger charge is -2.08. The molecule has 1 aromatic heterocycles. The predicted molar refractivity (Wildman–Crippen MR) is 92.5 cm³/mol. The van der Waals surface area contributed by atoms with Crippen LogP contribution in [0.4, 0.5) is 5.82 Å². The number of hydrogen-bond acceptors (Lipinski definition) is 2. The van der Waals surface area contributed by atoms with Crippen LogP contribution in [0.25, 0.3) is 22.4 Å². The lowest BCUT2D eigenvalue weighted by Crippen LogP contribution is -2.16. The summed E-state index contributed by atoms with van der Waals surface area (Å²) < 4.78 is 0. The first-order valence-corrected chi connectivity index (χ1v) is 7.49. The molecule has 0 bridgehead atoms. The van der Waals surface area contributed by atoms with Crippen LogP contribution in [0.2, 0.25) is 0 Å². The first-order valence-electron chi connectivity index (χ1n) is 7.49. The molecule has 1 heterocycles. The Morgan fingerprint density at radius 2 is 1.65 bits per heavy atom. The molecular formula is C20H18N3+. The Morgan fingerprint density at radius 3 is 2.30 bits per heavy atom. The van der Waals surface area contributed by atoms with Crippen molar-refractivity contribution in [3.05, 3.63) is 71.3 Å². The highest BCUT2D eigenvalue weighted by Gasteiger charge is 2.17. The van der Waals surface area contributed by atoms with E-state index in [1.165, 1.54) is 11.1 Å². The molecule has 0 unspecified atom stereocenters. The smallest absolute Gasteiger partial charge is 0.286 e. The lowest BCUT2D eigenvalue weighted by atomic mass is 9.97. The van der Waals surface area contributed by atoms with Gasteiger partial charge in [0, 0.05) is 11.1 Å². The maximum absolute atomic E-state index is 9.45. The minimum atomic E-state index is 0.391. The topological polar surface area (TPSA) is 64.0 Å². The number of nitrogens with two attached hydrogens (primary N) is 1. The zero-order chi connectivity index (χ0) is 16.4. The predicted octanol–water partition coefficient (Wildman–Crippen LogP) is 3.91. The summed E-state index contributed by atoms with van der Waals surface area (Å²) in [4.78, 5) is 3.16. The van der Waals surface area contributed by atoms with Gasteiger partial charge in [0.15, 0.2) is 0 Å². The average Bonchev–Trinajstić information content (AvgIpc) is 2.57. The standard InChI is InChI=1S/C20H17N3/c1-13-8-9-16(10-14(13)2)19-11-17(15-6-4-3-5-7-15)18(12-21)20(22)23-19/h3-11H,1-2H3,(H2,22,23)/p+1. The van der Waals surface area contributed by atoms with Crippen molar-refractivity contribution in [1.82, 2.24) is 0 Å². The van der Waals surface area contributed by atoms with E-state index in [4.69, 9.17) is 5.73 Å². The maximum Gasteiger partial charge on any atom is 0.289 e. The molecule has 0 amide bonds. The minimum absolute atomic E-state index is 0.391. The van der Waals surface area contributed by atoms with E-state index < -0.39 is 0 Å². The molecule has 3 N–H and O–H groups in total. The van der Waals surface area contributed by atoms with Gasteiger partial charge in [-0.05, 0) is 42.7 Å². The van der Waals surface area contributed by atoms with Gasteiger partial charge in [0.05, 0.1) is 0 Å². The van der Waals surface area contributed by atoms with Crippen molar-refractivity contribution in [2.45, 2.75) is 13.8 Å². The van der Waals surface area contributed by atoms with Crippen LogP contribution in [0.15, 0.2) is 54.6 Å². The molecule has 3 aromatic rings. The number of nitrogens with zero attached hydrogens (tertiary/aromatic N) is 1. The molecule has 112 valence electrons. The number of pyridine rings is 1. The van der Waals surface area contributed by atoms with E-state index in [0.29, 0.717) is 11.4 Å². The van der Waals surface area contributed by atoms with E-state index in [2.05, 4.69) is 43.1 Å². The Bertz CT molecular complexity index is 906. The fourth-order valence-electron chi connectivity index (χ4n) is 2.64. The minimum Gasteiger partial charge on any atom is -0.286 e. The number of benzene rings is 2. The van der Waals surface area contributed by atoms with Crippen molar-refractivity contribution in [3.63, 3.8) is 0 Å². The van der Waals surface area contributed by atoms with Gasteiger partial charge in [-0.2, -0.15) is 5.26 Å². The average molecular weight is 300 g/mol. The van der Waals surface area contributed by atoms with Crippen LogP contribution in [0.1, 0.15) is 16.7 Å². The number of aromatic amines is 1. The number of aryl methyl sites for hydroxylation is 2. The van der Waals surface area contributed by atoms with E-state index in [9.17, 15) is 5.26 Å². The Morgan fingerprint density at radius 1 is 0.913 bits per heavy atom. The monoisotopic (exact) mass is 300 g/mol. The third kappa shape index (κ3) is 2.79. The quantitative estimate of drug-likeness (QED) is 0.780. The highest BCUT2D eigenvalue weighted by molar-refractivity contribution is 5.77. The second-order valence-electron chi connectivity index (χ2n) is 5.66. The van der Waals surface area contributed by atoms with Crippen molar-refractivity contribution in [2.24, 2.45) is 0 Å². The van der Waals surface area contributed by atoms with Crippen molar-refractivity contribution in [3.8, 4) is 28.5 Å². The molecular weight excluding hydrogens is 282 g/mol. The summed E-state index contributed by atoms with van der Waals surface area (Å²) in [6, 6.07) is 20.3. The molecule has 0 aliphatic heterocycles. The number of H-pyrrole nitrogens is 1. The molecule has 23 heavy (non-hydrogen) atoms. The number of anilines is 1. The summed E-state index contributed by atoms with van der Waals surface area (Å²) in [7, 11) is 0. The Balaban J connectivity index is 2.23. The van der Waals surface area contributed by atoms with Crippen molar-refractivity contribution >= 4 is 5.82 Å². The fraction of sp³-hybridized carbons (Fsp3) is 0.100. The molecule has 0 radical (unpaired) electrons. The molecule has 0 saturated carbocycles. The van der Waals surface area contributed by atoms with Gasteiger partial charge in [0.1, 0.15) is 17.3 Å². The van der Waals surface area contributed by atoms with E-state index in [-0.39, 0.29) is 0 Å². The van der Waals surface area contributed by atoms with Gasteiger partial charge in [-0.1, -0.05) is 42.5 Å². The zero-order valence-electron chi connectivity index (χ0n) is 13.2. The van der Waals surface area contributed by atoms with E-state index in [1.54, 1.807) is 0 Å². The highest BCUT2D eigenvalue weighted by Crippen LogP contribution is 2.29. The molecule has 2 aromatic carbocycles. The number of aromatic nitrogens is 1. The number of hydrogen-bond donors (Lipinski definition) is 1. The van der Waals surface area contributed by atoms with Gasteiger partial charge < -0.3 is 0 Å². The summed E-state index contributed by atoms with van der Waals surface area (Å²) in [6.45, 7) is 4.18. The summed E-state index contributed by atoms with van der Waals surface area (Å²) in [5.74, 6) is 0.391. The van der Waals surface area contributed by atoms with Crippen molar-refractivity contribution < 1.29 is 4.98 Å². The number of nitrogen functional groups attached to an aromatic ring is 1. The third-order valence-corrected chi connectivity index (χ3v) is 4.11. The van der Waals surface area contributed by atoms with E-state index in [0.717, 1.165) is 22.4 Å². The van der Waals surface area contributed by atoms with Crippen LogP contribution < -0.4 is 10.7 Å². The van der Waals surface area contributed by atoms with Crippen LogP contribution in [-0.2, 0) is 0 Å². The molecule has 0 aliphatic carbocycles. The van der Waals surface area contributed by atoms with Gasteiger partial charge in [0.2, 0.25) is 0 Å². The van der Waals surface area contributed by atoms with Crippen molar-refractivity contribution in [2.75, 3.05) is 5.73 Å². The number of rotatable bonds is 2. The summed E-state index contributed by atoms with van der Waals surface area (Å²) in [5, 5.41) is 9.45. The summed E-state index contributed by atoms with van der Waals surface area (Å²) in [6.07, 6.45) is 0.